The molecule has 13 heteroatoms. The summed E-state index contributed by atoms with van der Waals surface area (Å²) >= 11 is 2.00. The highest BCUT2D eigenvalue weighted by atomic mass is 127. The fourth-order valence-corrected chi connectivity index (χ4v) is 4.78. The summed E-state index contributed by atoms with van der Waals surface area (Å²) in [4.78, 5) is 28.7. The van der Waals surface area contributed by atoms with E-state index < -0.39 is 55.7 Å². The summed E-state index contributed by atoms with van der Waals surface area (Å²) in [6, 6.07) is 5.35. The molecule has 4 rings (SSSR count). The number of pyridine rings is 1. The van der Waals surface area contributed by atoms with Gasteiger partial charge in [-0.1, -0.05) is 0 Å². The van der Waals surface area contributed by atoms with E-state index in [1.807, 2.05) is 27.3 Å². The summed E-state index contributed by atoms with van der Waals surface area (Å²) in [6.07, 6.45) is 1.58. The van der Waals surface area contributed by atoms with Gasteiger partial charge in [-0.2, -0.15) is 8.42 Å². The average molecular weight is 589 g/mol. The number of nitrogens with one attached hydrogen (secondary N) is 2. The van der Waals surface area contributed by atoms with Crippen LogP contribution in [0.4, 0.5) is 20.3 Å². The molecule has 0 aliphatic carbocycles. The number of carbonyl (C=O) groups is 2. The molecule has 1 aliphatic heterocycles. The summed E-state index contributed by atoms with van der Waals surface area (Å²) < 4.78 is 66.9. The number of ketones is 1. The molecule has 0 fully saturated rings. The summed E-state index contributed by atoms with van der Waals surface area (Å²) in [7, 11) is -3.42. The summed E-state index contributed by atoms with van der Waals surface area (Å²) in [6.45, 7) is 0.0821. The fraction of sp³-hybridized carbons (Fsp3) is 0.150. The van der Waals surface area contributed by atoms with E-state index in [0.29, 0.717) is 11.4 Å². The Balaban J connectivity index is 1.67. The van der Waals surface area contributed by atoms with Crippen molar-refractivity contribution in [1.29, 1.82) is 0 Å². The van der Waals surface area contributed by atoms with E-state index in [2.05, 4.69) is 15.0 Å². The number of nitrogens with zero attached hydrogens (tertiary/aromatic N) is 1. The number of Topliss-reactive ketones (excluding diaryl/α,β-unsaturated/α-hetero) is 1. The van der Waals surface area contributed by atoms with Crippen molar-refractivity contribution in [2.24, 2.45) is 0 Å². The van der Waals surface area contributed by atoms with Crippen LogP contribution in [-0.4, -0.2) is 38.8 Å². The molecule has 172 valence electrons. The standard InChI is InChI=1S/C20H14F2IN3O6S/c1-31-20(28)14-4-5-15(32-14)33(29,30)26-13-3-2-12(21)16(17(13)22)18(27)11-8-25-19-10(11)6-9(23)7-24-19/h2-7,11,26H,8H2,1H3,(H,24,25). The van der Waals surface area contributed by atoms with Gasteiger partial charge in [0.2, 0.25) is 10.9 Å². The number of carbonyl (C=O) groups excluding carboxylic acids is 2. The van der Waals surface area contributed by atoms with Gasteiger partial charge in [-0.3, -0.25) is 9.52 Å². The maximum absolute atomic E-state index is 15.2. The van der Waals surface area contributed by atoms with Gasteiger partial charge in [-0.05, 0) is 52.9 Å². The SMILES string of the molecule is COC(=O)c1ccc(S(=O)(=O)Nc2ccc(F)c(C(=O)C3CNc4ncc(I)cc43)c2F)o1. The van der Waals surface area contributed by atoms with Crippen molar-refractivity contribution in [2.75, 3.05) is 23.7 Å². The molecule has 3 heterocycles. The maximum atomic E-state index is 15.2. The molecule has 1 atom stereocenters. The zero-order valence-corrected chi connectivity index (χ0v) is 19.7. The van der Waals surface area contributed by atoms with E-state index in [9.17, 15) is 22.4 Å². The predicted octanol–water partition coefficient (Wildman–Crippen LogP) is 3.54. The zero-order chi connectivity index (χ0) is 23.9. The smallest absolute Gasteiger partial charge is 0.374 e. The molecular weight excluding hydrogens is 575 g/mol. The monoisotopic (exact) mass is 589 g/mol. The predicted molar refractivity (Wildman–Crippen MR) is 120 cm³/mol. The van der Waals surface area contributed by atoms with Crippen LogP contribution in [0.3, 0.4) is 0 Å². The molecule has 1 unspecified atom stereocenters. The van der Waals surface area contributed by atoms with Crippen LogP contribution < -0.4 is 10.0 Å². The molecule has 2 aromatic heterocycles. The zero-order valence-electron chi connectivity index (χ0n) is 16.7. The minimum Gasteiger partial charge on any atom is -0.463 e. The first-order valence-electron chi connectivity index (χ1n) is 9.25. The third kappa shape index (κ3) is 4.29. The second kappa shape index (κ2) is 8.70. The number of hydrogen-bond donors (Lipinski definition) is 2. The number of ether oxygens (including phenoxy) is 1. The van der Waals surface area contributed by atoms with Crippen molar-refractivity contribution in [1.82, 2.24) is 4.98 Å². The van der Waals surface area contributed by atoms with Crippen molar-refractivity contribution in [3.63, 3.8) is 0 Å². The van der Waals surface area contributed by atoms with Crippen LogP contribution >= 0.6 is 22.6 Å². The Morgan fingerprint density at radius 2 is 2.03 bits per heavy atom. The first kappa shape index (κ1) is 23.1. The Kier molecular flexibility index (Phi) is 6.09. The highest BCUT2D eigenvalue weighted by Crippen LogP contribution is 2.35. The van der Waals surface area contributed by atoms with Gasteiger partial charge in [-0.15, -0.1) is 0 Å². The van der Waals surface area contributed by atoms with Gasteiger partial charge in [0, 0.05) is 21.9 Å². The number of anilines is 2. The van der Waals surface area contributed by atoms with Crippen LogP contribution in [0.5, 0.6) is 0 Å². The molecule has 0 radical (unpaired) electrons. The van der Waals surface area contributed by atoms with E-state index in [-0.39, 0.29) is 12.3 Å². The molecule has 0 spiro atoms. The van der Waals surface area contributed by atoms with E-state index >= 15 is 4.39 Å². The molecular formula is C20H14F2IN3O6S. The lowest BCUT2D eigenvalue weighted by atomic mass is 9.92. The van der Waals surface area contributed by atoms with Crippen LogP contribution in [0.2, 0.25) is 0 Å². The van der Waals surface area contributed by atoms with Gasteiger partial charge < -0.3 is 14.5 Å². The molecule has 0 bridgehead atoms. The van der Waals surface area contributed by atoms with Crippen LogP contribution in [0.15, 0.2) is 46.0 Å². The Labute approximate surface area is 199 Å². The van der Waals surface area contributed by atoms with Gasteiger partial charge in [0.15, 0.2) is 11.6 Å². The molecule has 33 heavy (non-hydrogen) atoms. The molecule has 2 N–H and O–H groups in total. The Bertz CT molecular complexity index is 1390. The number of fused-ring (bicyclic) bond motifs is 1. The van der Waals surface area contributed by atoms with Crippen LogP contribution in [0.25, 0.3) is 0 Å². The highest BCUT2D eigenvalue weighted by molar-refractivity contribution is 14.1. The van der Waals surface area contributed by atoms with Gasteiger partial charge >= 0.3 is 5.97 Å². The third-order valence-electron chi connectivity index (χ3n) is 4.86. The number of esters is 1. The summed E-state index contributed by atoms with van der Waals surface area (Å²) in [5.74, 6) is -5.16. The minimum absolute atomic E-state index is 0.0821. The summed E-state index contributed by atoms with van der Waals surface area (Å²) in [5.41, 5.74) is -1.06. The summed E-state index contributed by atoms with van der Waals surface area (Å²) in [5, 5.41) is 2.22. The number of hydrogen-bond acceptors (Lipinski definition) is 8. The topological polar surface area (TPSA) is 128 Å². The largest absolute Gasteiger partial charge is 0.463 e. The van der Waals surface area contributed by atoms with Crippen LogP contribution in [0.1, 0.15) is 32.4 Å². The van der Waals surface area contributed by atoms with Crippen molar-refractivity contribution in [3.8, 4) is 0 Å². The van der Waals surface area contributed by atoms with Gasteiger partial charge in [0.25, 0.3) is 10.0 Å². The van der Waals surface area contributed by atoms with Gasteiger partial charge in [0.05, 0.1) is 24.3 Å². The quantitative estimate of drug-likeness (QED) is 0.254. The second-order valence-corrected chi connectivity index (χ2v) is 9.75. The lowest BCUT2D eigenvalue weighted by Gasteiger charge is -2.14. The highest BCUT2D eigenvalue weighted by Gasteiger charge is 2.35. The Morgan fingerprint density at radius 1 is 1.27 bits per heavy atom. The number of sulfonamides is 1. The minimum atomic E-state index is -4.51. The Morgan fingerprint density at radius 3 is 2.76 bits per heavy atom. The normalized spacial score (nSPS) is 15.0. The van der Waals surface area contributed by atoms with Crippen molar-refractivity contribution >= 4 is 55.9 Å². The Hall–Kier alpha value is -3.07. The third-order valence-corrected chi connectivity index (χ3v) is 6.69. The number of rotatable bonds is 6. The lowest BCUT2D eigenvalue weighted by Crippen LogP contribution is -2.20. The van der Waals surface area contributed by atoms with Gasteiger partial charge in [0.1, 0.15) is 11.6 Å². The van der Waals surface area contributed by atoms with E-state index in [1.54, 1.807) is 12.3 Å². The number of methoxy groups -OCH3 is 1. The van der Waals surface area contributed by atoms with Gasteiger partial charge in [-0.25, -0.2) is 18.6 Å². The number of aromatic nitrogens is 1. The molecule has 1 aliphatic rings. The second-order valence-electron chi connectivity index (χ2n) is 6.89. The molecule has 9 nitrogen and oxygen atoms in total. The molecule has 1 aromatic carbocycles. The molecule has 0 saturated carbocycles. The van der Waals surface area contributed by atoms with Crippen molar-refractivity contribution in [3.05, 3.63) is 68.6 Å². The molecule has 0 amide bonds. The lowest BCUT2D eigenvalue weighted by molar-refractivity contribution is 0.0559. The van der Waals surface area contributed by atoms with Crippen LogP contribution in [0, 0.1) is 15.2 Å². The van der Waals surface area contributed by atoms with Crippen molar-refractivity contribution < 1.29 is 35.9 Å². The van der Waals surface area contributed by atoms with E-state index in [0.717, 1.165) is 34.9 Å². The number of benzene rings is 1. The molecule has 0 saturated heterocycles. The van der Waals surface area contributed by atoms with Crippen molar-refractivity contribution in [2.45, 2.75) is 11.0 Å². The molecule has 3 aromatic rings. The first-order chi connectivity index (χ1) is 15.6. The van der Waals surface area contributed by atoms with E-state index in [4.69, 9.17) is 4.42 Å². The first-order valence-corrected chi connectivity index (χ1v) is 11.8. The fourth-order valence-electron chi connectivity index (χ4n) is 3.31. The number of halogens is 3. The van der Waals surface area contributed by atoms with Crippen LogP contribution in [-0.2, 0) is 14.8 Å². The maximum Gasteiger partial charge on any atom is 0.374 e. The average Bonchev–Trinajstić information content (AvgIpc) is 3.43. The number of furan rings is 1. The van der Waals surface area contributed by atoms with E-state index in [1.165, 1.54) is 0 Å².